The minimum absolute atomic E-state index is 0.660. The number of nitrogens with one attached hydrogen (secondary N) is 1. The summed E-state index contributed by atoms with van der Waals surface area (Å²) in [6.45, 7) is 8.01. The molecular formula is C17H33N. The van der Waals surface area contributed by atoms with E-state index in [1.165, 1.54) is 57.8 Å². The maximum atomic E-state index is 3.78. The van der Waals surface area contributed by atoms with Crippen LogP contribution < -0.4 is 5.32 Å². The van der Waals surface area contributed by atoms with E-state index in [9.17, 15) is 0 Å². The van der Waals surface area contributed by atoms with Crippen LogP contribution in [0, 0.1) is 5.92 Å². The number of hydrogen-bond donors (Lipinski definition) is 1. The van der Waals surface area contributed by atoms with Crippen molar-refractivity contribution < 1.29 is 0 Å². The van der Waals surface area contributed by atoms with Crippen molar-refractivity contribution in [3.05, 3.63) is 11.6 Å². The molecule has 0 saturated carbocycles. The second-order valence-electron chi connectivity index (χ2n) is 5.75. The van der Waals surface area contributed by atoms with Crippen LogP contribution in [0.4, 0.5) is 0 Å². The van der Waals surface area contributed by atoms with E-state index in [0.717, 1.165) is 12.5 Å². The zero-order valence-electron chi connectivity index (χ0n) is 12.8. The van der Waals surface area contributed by atoms with Gasteiger partial charge in [-0.05, 0) is 51.0 Å². The Morgan fingerprint density at radius 2 is 1.78 bits per heavy atom. The Morgan fingerprint density at radius 1 is 1.06 bits per heavy atom. The molecular weight excluding hydrogens is 218 g/mol. The molecule has 0 saturated heterocycles. The third-order valence-corrected chi connectivity index (χ3v) is 4.19. The highest BCUT2D eigenvalue weighted by atomic mass is 14.9. The van der Waals surface area contributed by atoms with E-state index in [-0.39, 0.29) is 0 Å². The summed E-state index contributed by atoms with van der Waals surface area (Å²) in [5, 5.41) is 3.78. The molecule has 0 aliphatic heterocycles. The number of hydrogen-bond acceptors (Lipinski definition) is 1. The lowest BCUT2D eigenvalue weighted by atomic mass is 9.84. The van der Waals surface area contributed by atoms with Crippen LogP contribution >= 0.6 is 0 Å². The minimum atomic E-state index is 0.660. The minimum Gasteiger partial charge on any atom is -0.310 e. The van der Waals surface area contributed by atoms with Crippen molar-refractivity contribution in [1.29, 1.82) is 0 Å². The molecule has 1 aliphatic carbocycles. The molecule has 1 unspecified atom stereocenters. The molecule has 0 fully saturated rings. The Balaban J connectivity index is 2.72. The summed E-state index contributed by atoms with van der Waals surface area (Å²) in [6, 6.07) is 0.660. The van der Waals surface area contributed by atoms with Gasteiger partial charge < -0.3 is 5.32 Å². The van der Waals surface area contributed by atoms with E-state index >= 15 is 0 Å². The summed E-state index contributed by atoms with van der Waals surface area (Å²) in [4.78, 5) is 0. The maximum absolute atomic E-state index is 3.78. The molecule has 0 aromatic carbocycles. The van der Waals surface area contributed by atoms with E-state index in [4.69, 9.17) is 0 Å². The van der Waals surface area contributed by atoms with Crippen molar-refractivity contribution in [1.82, 2.24) is 5.32 Å². The summed E-state index contributed by atoms with van der Waals surface area (Å²) in [7, 11) is 0. The molecule has 1 heteroatoms. The van der Waals surface area contributed by atoms with Crippen LogP contribution in [0.5, 0.6) is 0 Å². The molecule has 1 atom stereocenters. The Kier molecular flexibility index (Phi) is 8.41. The van der Waals surface area contributed by atoms with Crippen molar-refractivity contribution in [2.75, 3.05) is 6.54 Å². The van der Waals surface area contributed by atoms with E-state index in [1.54, 1.807) is 5.57 Å². The third-order valence-electron chi connectivity index (χ3n) is 4.19. The SMILES string of the molecule is CCCC(CCC)C(NCC)C1=CCCCCC1. The lowest BCUT2D eigenvalue weighted by Gasteiger charge is -2.30. The fourth-order valence-electron chi connectivity index (χ4n) is 3.36. The first-order valence-electron chi connectivity index (χ1n) is 8.25. The average molecular weight is 251 g/mol. The first kappa shape index (κ1) is 15.8. The van der Waals surface area contributed by atoms with Crippen LogP contribution in [0.25, 0.3) is 0 Å². The van der Waals surface area contributed by atoms with Crippen LogP contribution in [-0.2, 0) is 0 Å². The Bertz CT molecular complexity index is 226. The van der Waals surface area contributed by atoms with E-state index in [1.807, 2.05) is 0 Å². The fourth-order valence-corrected chi connectivity index (χ4v) is 3.36. The lowest BCUT2D eigenvalue weighted by Crippen LogP contribution is -2.38. The standard InChI is InChI=1S/C17H33N/c1-4-11-15(12-5-2)17(18-6-3)16-13-9-7-8-10-14-16/h13,15,17-18H,4-12,14H2,1-3H3. The number of rotatable bonds is 8. The van der Waals surface area contributed by atoms with Crippen LogP contribution in [0.15, 0.2) is 11.6 Å². The highest BCUT2D eigenvalue weighted by Gasteiger charge is 2.23. The lowest BCUT2D eigenvalue weighted by molar-refractivity contribution is 0.340. The van der Waals surface area contributed by atoms with Gasteiger partial charge in [0.1, 0.15) is 0 Å². The van der Waals surface area contributed by atoms with Crippen LogP contribution in [0.3, 0.4) is 0 Å². The first-order valence-corrected chi connectivity index (χ1v) is 8.25. The molecule has 18 heavy (non-hydrogen) atoms. The molecule has 0 aromatic rings. The monoisotopic (exact) mass is 251 g/mol. The van der Waals surface area contributed by atoms with Gasteiger partial charge in [0, 0.05) is 6.04 Å². The van der Waals surface area contributed by atoms with E-state index in [2.05, 4.69) is 32.2 Å². The van der Waals surface area contributed by atoms with Gasteiger partial charge in [-0.3, -0.25) is 0 Å². The summed E-state index contributed by atoms with van der Waals surface area (Å²) in [5.41, 5.74) is 1.72. The van der Waals surface area contributed by atoms with Crippen LogP contribution in [0.1, 0.15) is 78.6 Å². The van der Waals surface area contributed by atoms with Gasteiger partial charge >= 0.3 is 0 Å². The smallest absolute Gasteiger partial charge is 0.0307 e. The Hall–Kier alpha value is -0.300. The van der Waals surface area contributed by atoms with Crippen molar-refractivity contribution in [3.63, 3.8) is 0 Å². The van der Waals surface area contributed by atoms with Gasteiger partial charge in [-0.1, -0.05) is 51.7 Å². The fraction of sp³-hybridized carbons (Fsp3) is 0.882. The molecule has 0 aromatic heterocycles. The van der Waals surface area contributed by atoms with Crippen LogP contribution in [-0.4, -0.2) is 12.6 Å². The molecule has 1 rings (SSSR count). The van der Waals surface area contributed by atoms with Gasteiger partial charge in [0.2, 0.25) is 0 Å². The largest absolute Gasteiger partial charge is 0.310 e. The maximum Gasteiger partial charge on any atom is 0.0307 e. The highest BCUT2D eigenvalue weighted by Crippen LogP contribution is 2.28. The topological polar surface area (TPSA) is 12.0 Å². The summed E-state index contributed by atoms with van der Waals surface area (Å²) in [6.07, 6.45) is 14.8. The molecule has 0 heterocycles. The number of likely N-dealkylation sites (N-methyl/N-ethyl adjacent to an activating group) is 1. The molecule has 1 N–H and O–H groups in total. The van der Waals surface area contributed by atoms with Gasteiger partial charge in [0.05, 0.1) is 0 Å². The molecule has 1 aliphatic rings. The normalized spacial score (nSPS) is 18.6. The van der Waals surface area contributed by atoms with Crippen molar-refractivity contribution in [2.45, 2.75) is 84.6 Å². The Morgan fingerprint density at radius 3 is 2.39 bits per heavy atom. The summed E-state index contributed by atoms with van der Waals surface area (Å²) in [5.74, 6) is 0.851. The zero-order chi connectivity index (χ0) is 13.2. The third kappa shape index (κ3) is 5.14. The molecule has 1 nitrogen and oxygen atoms in total. The quantitative estimate of drug-likeness (QED) is 0.594. The van der Waals surface area contributed by atoms with Gasteiger partial charge in [-0.15, -0.1) is 0 Å². The van der Waals surface area contributed by atoms with Gasteiger partial charge in [0.15, 0.2) is 0 Å². The summed E-state index contributed by atoms with van der Waals surface area (Å²) < 4.78 is 0. The molecule has 0 radical (unpaired) electrons. The van der Waals surface area contributed by atoms with Crippen molar-refractivity contribution in [3.8, 4) is 0 Å². The van der Waals surface area contributed by atoms with Gasteiger partial charge in [0.25, 0.3) is 0 Å². The van der Waals surface area contributed by atoms with Crippen molar-refractivity contribution >= 4 is 0 Å². The number of allylic oxidation sites excluding steroid dienone is 1. The average Bonchev–Trinajstić information content (AvgIpc) is 2.64. The van der Waals surface area contributed by atoms with Crippen molar-refractivity contribution in [2.24, 2.45) is 5.92 Å². The predicted octanol–water partition coefficient (Wildman–Crippen LogP) is 5.07. The second-order valence-corrected chi connectivity index (χ2v) is 5.75. The van der Waals surface area contributed by atoms with E-state index in [0.29, 0.717) is 6.04 Å². The zero-order valence-corrected chi connectivity index (χ0v) is 12.8. The predicted molar refractivity (Wildman–Crippen MR) is 81.9 cm³/mol. The summed E-state index contributed by atoms with van der Waals surface area (Å²) >= 11 is 0. The van der Waals surface area contributed by atoms with Gasteiger partial charge in [-0.25, -0.2) is 0 Å². The second kappa shape index (κ2) is 9.61. The molecule has 0 bridgehead atoms. The van der Waals surface area contributed by atoms with E-state index < -0.39 is 0 Å². The Labute approximate surface area is 114 Å². The molecule has 106 valence electrons. The van der Waals surface area contributed by atoms with Crippen LogP contribution in [0.2, 0.25) is 0 Å². The first-order chi connectivity index (χ1) is 8.83. The highest BCUT2D eigenvalue weighted by molar-refractivity contribution is 5.14. The molecule has 0 amide bonds. The van der Waals surface area contributed by atoms with Gasteiger partial charge in [-0.2, -0.15) is 0 Å². The molecule has 0 spiro atoms.